The van der Waals surface area contributed by atoms with Crippen molar-refractivity contribution in [2.45, 2.75) is 25.8 Å². The van der Waals surface area contributed by atoms with Gasteiger partial charge in [-0.3, -0.25) is 0 Å². The maximum atomic E-state index is 13.0. The Balaban J connectivity index is 2.33. The lowest BCUT2D eigenvalue weighted by Crippen LogP contribution is -2.38. The van der Waals surface area contributed by atoms with E-state index in [1.807, 2.05) is 38.1 Å². The van der Waals surface area contributed by atoms with Gasteiger partial charge in [0.05, 0.1) is 12.1 Å². The second-order valence-electron chi connectivity index (χ2n) is 5.09. The van der Waals surface area contributed by atoms with E-state index >= 15 is 0 Å². The maximum Gasteiger partial charge on any atom is 0.123 e. The summed E-state index contributed by atoms with van der Waals surface area (Å²) in [6.45, 7) is 4.03. The van der Waals surface area contributed by atoms with Crippen LogP contribution in [-0.4, -0.2) is 11.7 Å². The summed E-state index contributed by atoms with van der Waals surface area (Å²) < 4.78 is 13.0. The van der Waals surface area contributed by atoms with Crippen molar-refractivity contribution >= 4 is 5.69 Å². The molecule has 2 N–H and O–H groups in total. The van der Waals surface area contributed by atoms with Gasteiger partial charge in [0.1, 0.15) is 5.82 Å². The predicted octanol–water partition coefficient (Wildman–Crippen LogP) is 3.84. The van der Waals surface area contributed by atoms with E-state index in [2.05, 4.69) is 5.32 Å². The highest BCUT2D eigenvalue weighted by Gasteiger charge is 2.29. The fraction of sp³-hybridized carbons (Fsp3) is 0.294. The Labute approximate surface area is 119 Å². The van der Waals surface area contributed by atoms with Crippen molar-refractivity contribution in [2.24, 2.45) is 0 Å². The van der Waals surface area contributed by atoms with E-state index in [1.54, 1.807) is 12.1 Å². The molecule has 0 saturated heterocycles. The van der Waals surface area contributed by atoms with E-state index in [4.69, 9.17) is 0 Å². The van der Waals surface area contributed by atoms with Crippen LogP contribution >= 0.6 is 0 Å². The molecule has 0 aromatic heterocycles. The van der Waals surface area contributed by atoms with Gasteiger partial charge < -0.3 is 10.4 Å². The highest BCUT2D eigenvalue weighted by atomic mass is 19.1. The van der Waals surface area contributed by atoms with Crippen molar-refractivity contribution in [1.29, 1.82) is 0 Å². The molecule has 3 heteroatoms. The molecule has 1 unspecified atom stereocenters. The molecular formula is C17H20FNO. The summed E-state index contributed by atoms with van der Waals surface area (Å²) in [7, 11) is 0. The Morgan fingerprint density at radius 2 is 1.65 bits per heavy atom. The van der Waals surface area contributed by atoms with Crippen LogP contribution < -0.4 is 5.32 Å². The normalized spacial score (nSPS) is 13.8. The molecule has 0 aliphatic carbocycles. The molecule has 2 aromatic rings. The Morgan fingerprint density at radius 3 is 2.15 bits per heavy atom. The number of aryl methyl sites for hydroxylation is 1. The van der Waals surface area contributed by atoms with Gasteiger partial charge in [0, 0.05) is 5.69 Å². The minimum Gasteiger partial charge on any atom is -0.394 e. The third-order valence-corrected chi connectivity index (χ3v) is 3.71. The first-order valence-electron chi connectivity index (χ1n) is 6.81. The number of aliphatic hydroxyl groups is 1. The van der Waals surface area contributed by atoms with Crippen LogP contribution in [0, 0.1) is 12.7 Å². The molecular weight excluding hydrogens is 253 g/mol. The molecule has 0 spiro atoms. The van der Waals surface area contributed by atoms with Gasteiger partial charge in [-0.25, -0.2) is 4.39 Å². The second-order valence-corrected chi connectivity index (χ2v) is 5.09. The number of rotatable bonds is 5. The van der Waals surface area contributed by atoms with Gasteiger partial charge in [-0.05, 0) is 43.2 Å². The number of hydrogen-bond donors (Lipinski definition) is 2. The zero-order valence-corrected chi connectivity index (χ0v) is 11.9. The SMILES string of the molecule is CCC(CO)(Nc1ccc(F)cc1)c1ccc(C)cc1. The van der Waals surface area contributed by atoms with Crippen LogP contribution in [0.15, 0.2) is 48.5 Å². The standard InChI is InChI=1S/C17H20FNO/c1-3-17(12-20,14-6-4-13(2)5-7-14)19-16-10-8-15(18)9-11-16/h4-11,19-20H,3,12H2,1-2H3. The highest BCUT2D eigenvalue weighted by Crippen LogP contribution is 2.29. The number of halogens is 1. The van der Waals surface area contributed by atoms with Crippen molar-refractivity contribution in [2.75, 3.05) is 11.9 Å². The van der Waals surface area contributed by atoms with Crippen LogP contribution in [0.1, 0.15) is 24.5 Å². The van der Waals surface area contributed by atoms with Crippen molar-refractivity contribution in [3.63, 3.8) is 0 Å². The number of hydrogen-bond acceptors (Lipinski definition) is 2. The molecule has 20 heavy (non-hydrogen) atoms. The molecule has 2 aromatic carbocycles. The smallest absolute Gasteiger partial charge is 0.123 e. The lowest BCUT2D eigenvalue weighted by Gasteiger charge is -2.34. The summed E-state index contributed by atoms with van der Waals surface area (Å²) >= 11 is 0. The number of benzene rings is 2. The molecule has 0 aliphatic rings. The zero-order valence-electron chi connectivity index (χ0n) is 11.9. The highest BCUT2D eigenvalue weighted by molar-refractivity contribution is 5.48. The maximum absolute atomic E-state index is 13.0. The fourth-order valence-corrected chi connectivity index (χ4v) is 2.29. The average molecular weight is 273 g/mol. The summed E-state index contributed by atoms with van der Waals surface area (Å²) in [6, 6.07) is 14.3. The van der Waals surface area contributed by atoms with Gasteiger partial charge in [0.15, 0.2) is 0 Å². The van der Waals surface area contributed by atoms with E-state index in [0.29, 0.717) is 0 Å². The van der Waals surface area contributed by atoms with E-state index in [-0.39, 0.29) is 12.4 Å². The van der Waals surface area contributed by atoms with E-state index in [0.717, 1.165) is 17.7 Å². The molecule has 0 fully saturated rings. The molecule has 0 aliphatic heterocycles. The first-order valence-corrected chi connectivity index (χ1v) is 6.81. The topological polar surface area (TPSA) is 32.3 Å². The van der Waals surface area contributed by atoms with Crippen LogP contribution in [0.4, 0.5) is 10.1 Å². The van der Waals surface area contributed by atoms with E-state index in [1.165, 1.54) is 17.7 Å². The fourth-order valence-electron chi connectivity index (χ4n) is 2.29. The Morgan fingerprint density at radius 1 is 1.05 bits per heavy atom. The summed E-state index contributed by atoms with van der Waals surface area (Å²) in [5.74, 6) is -0.267. The van der Waals surface area contributed by atoms with Crippen LogP contribution in [0.5, 0.6) is 0 Å². The average Bonchev–Trinajstić information content (AvgIpc) is 2.48. The second kappa shape index (κ2) is 6.06. The molecule has 0 radical (unpaired) electrons. The Kier molecular flexibility index (Phi) is 4.40. The van der Waals surface area contributed by atoms with Crippen LogP contribution in [0.25, 0.3) is 0 Å². The van der Waals surface area contributed by atoms with Crippen LogP contribution in [0.2, 0.25) is 0 Å². The lowest BCUT2D eigenvalue weighted by atomic mass is 9.87. The molecule has 0 amide bonds. The number of anilines is 1. The molecule has 2 nitrogen and oxygen atoms in total. The minimum absolute atomic E-state index is 0.0239. The van der Waals surface area contributed by atoms with Crippen LogP contribution in [0.3, 0.4) is 0 Å². The van der Waals surface area contributed by atoms with Gasteiger partial charge in [-0.15, -0.1) is 0 Å². The van der Waals surface area contributed by atoms with Crippen molar-refractivity contribution in [1.82, 2.24) is 0 Å². The Hall–Kier alpha value is -1.87. The summed E-state index contributed by atoms with van der Waals surface area (Å²) in [6.07, 6.45) is 0.726. The predicted molar refractivity (Wildman–Crippen MR) is 80.3 cm³/mol. The van der Waals surface area contributed by atoms with Crippen LogP contribution in [-0.2, 0) is 5.54 Å². The molecule has 1 atom stereocenters. The quantitative estimate of drug-likeness (QED) is 0.867. The van der Waals surface area contributed by atoms with Gasteiger partial charge in [0.2, 0.25) is 0 Å². The van der Waals surface area contributed by atoms with Gasteiger partial charge in [0.25, 0.3) is 0 Å². The third-order valence-electron chi connectivity index (χ3n) is 3.71. The number of aliphatic hydroxyl groups excluding tert-OH is 1. The summed E-state index contributed by atoms with van der Waals surface area (Å²) in [5, 5.41) is 13.2. The van der Waals surface area contributed by atoms with Crippen molar-refractivity contribution < 1.29 is 9.50 Å². The summed E-state index contributed by atoms with van der Waals surface area (Å²) in [5.41, 5.74) is 2.45. The largest absolute Gasteiger partial charge is 0.394 e. The van der Waals surface area contributed by atoms with Gasteiger partial charge in [-0.2, -0.15) is 0 Å². The summed E-state index contributed by atoms with van der Waals surface area (Å²) in [4.78, 5) is 0. The monoisotopic (exact) mass is 273 g/mol. The number of nitrogens with one attached hydrogen (secondary N) is 1. The van der Waals surface area contributed by atoms with Gasteiger partial charge in [-0.1, -0.05) is 36.8 Å². The molecule has 106 valence electrons. The first-order chi connectivity index (χ1) is 9.59. The van der Waals surface area contributed by atoms with Crippen molar-refractivity contribution in [3.8, 4) is 0 Å². The minimum atomic E-state index is -0.550. The van der Waals surface area contributed by atoms with E-state index < -0.39 is 5.54 Å². The van der Waals surface area contributed by atoms with Gasteiger partial charge >= 0.3 is 0 Å². The molecule has 0 saturated carbocycles. The van der Waals surface area contributed by atoms with E-state index in [9.17, 15) is 9.50 Å². The van der Waals surface area contributed by atoms with Crippen molar-refractivity contribution in [3.05, 3.63) is 65.5 Å². The Bertz CT molecular complexity index is 544. The molecule has 0 bridgehead atoms. The molecule has 0 heterocycles. The lowest BCUT2D eigenvalue weighted by molar-refractivity contribution is 0.207. The molecule has 2 rings (SSSR count). The first kappa shape index (κ1) is 14.5. The zero-order chi connectivity index (χ0) is 14.6. The third kappa shape index (κ3) is 2.99.